The molecule has 17 heavy (non-hydrogen) atoms. The summed E-state index contributed by atoms with van der Waals surface area (Å²) in [7, 11) is 0. The molecule has 0 aromatic carbocycles. The van der Waals surface area contributed by atoms with Crippen molar-refractivity contribution in [1.29, 1.82) is 0 Å². The first-order chi connectivity index (χ1) is 8.11. The van der Waals surface area contributed by atoms with E-state index in [0.29, 0.717) is 12.6 Å². The molecule has 2 rings (SSSR count). The molecule has 0 bridgehead atoms. The highest BCUT2D eigenvalue weighted by Gasteiger charge is 2.23. The summed E-state index contributed by atoms with van der Waals surface area (Å²) in [6.07, 6.45) is 2.23. The molecule has 1 saturated heterocycles. The summed E-state index contributed by atoms with van der Waals surface area (Å²) < 4.78 is 7.80. The Hall–Kier alpha value is -1.07. The Morgan fingerprint density at radius 3 is 3.00 bits per heavy atom. The highest BCUT2D eigenvalue weighted by atomic mass is 16.5. The minimum absolute atomic E-state index is 0.126. The number of nitrogens with two attached hydrogens (primary N) is 1. The Bertz CT molecular complexity index is 375. The predicted octanol–water partition coefficient (Wildman–Crippen LogP) is 0.936. The number of morpholine rings is 1. The lowest BCUT2D eigenvalue weighted by atomic mass is 10.3. The monoisotopic (exact) mass is 238 g/mol. The Morgan fingerprint density at radius 1 is 1.59 bits per heavy atom. The van der Waals surface area contributed by atoms with Gasteiger partial charge in [-0.05, 0) is 20.8 Å². The van der Waals surface area contributed by atoms with E-state index in [4.69, 9.17) is 10.5 Å². The molecular formula is C12H22N4O. The zero-order chi connectivity index (χ0) is 12.4. The lowest BCUT2D eigenvalue weighted by Crippen LogP contribution is -2.46. The minimum Gasteiger partial charge on any atom is -0.373 e. The maximum absolute atomic E-state index is 5.67. The molecule has 0 spiro atoms. The molecular weight excluding hydrogens is 216 g/mol. The standard InChI is InChI=1S/C12H22N4O/c1-9(2)16-7-10(3)14-12(16)15-4-5-17-11(6-13)8-15/h7,9,11H,4-6,8,13H2,1-3H3. The third-order valence-electron chi connectivity index (χ3n) is 3.07. The van der Waals surface area contributed by atoms with Gasteiger partial charge in [0.25, 0.3) is 0 Å². The van der Waals surface area contributed by atoms with E-state index in [0.717, 1.165) is 31.3 Å². The molecule has 5 heteroatoms. The first-order valence-corrected chi connectivity index (χ1v) is 6.24. The van der Waals surface area contributed by atoms with E-state index in [1.807, 2.05) is 6.92 Å². The molecule has 1 aromatic heterocycles. The van der Waals surface area contributed by atoms with Crippen molar-refractivity contribution in [3.05, 3.63) is 11.9 Å². The Kier molecular flexibility index (Phi) is 3.69. The van der Waals surface area contributed by atoms with Crippen molar-refractivity contribution in [2.75, 3.05) is 31.1 Å². The van der Waals surface area contributed by atoms with E-state index < -0.39 is 0 Å². The van der Waals surface area contributed by atoms with Crippen LogP contribution in [0.5, 0.6) is 0 Å². The Labute approximate surface area is 103 Å². The predicted molar refractivity (Wildman–Crippen MR) is 68.4 cm³/mol. The quantitative estimate of drug-likeness (QED) is 0.851. The highest BCUT2D eigenvalue weighted by Crippen LogP contribution is 2.21. The SMILES string of the molecule is Cc1cn(C(C)C)c(N2CCOC(CN)C2)n1. The average Bonchev–Trinajstić information content (AvgIpc) is 2.72. The van der Waals surface area contributed by atoms with Gasteiger partial charge in [0, 0.05) is 31.9 Å². The van der Waals surface area contributed by atoms with Crippen LogP contribution in [0.1, 0.15) is 25.6 Å². The molecule has 1 fully saturated rings. The number of aryl methyl sites for hydroxylation is 1. The normalized spacial score (nSPS) is 21.2. The van der Waals surface area contributed by atoms with Crippen LogP contribution in [0.2, 0.25) is 0 Å². The summed E-state index contributed by atoms with van der Waals surface area (Å²) in [5.41, 5.74) is 6.73. The largest absolute Gasteiger partial charge is 0.373 e. The zero-order valence-corrected chi connectivity index (χ0v) is 10.9. The number of aromatic nitrogens is 2. The second-order valence-electron chi connectivity index (χ2n) is 4.86. The number of rotatable bonds is 3. The second kappa shape index (κ2) is 5.06. The van der Waals surface area contributed by atoms with Gasteiger partial charge >= 0.3 is 0 Å². The van der Waals surface area contributed by atoms with Crippen LogP contribution in [0.15, 0.2) is 6.20 Å². The van der Waals surface area contributed by atoms with Gasteiger partial charge in [-0.1, -0.05) is 0 Å². The van der Waals surface area contributed by atoms with Gasteiger partial charge in [0.2, 0.25) is 5.95 Å². The van der Waals surface area contributed by atoms with Crippen LogP contribution < -0.4 is 10.6 Å². The van der Waals surface area contributed by atoms with Crippen molar-refractivity contribution in [3.63, 3.8) is 0 Å². The van der Waals surface area contributed by atoms with E-state index in [-0.39, 0.29) is 6.10 Å². The molecule has 0 saturated carbocycles. The molecule has 2 N–H and O–H groups in total. The maximum Gasteiger partial charge on any atom is 0.206 e. The molecule has 0 radical (unpaired) electrons. The lowest BCUT2D eigenvalue weighted by Gasteiger charge is -2.33. The molecule has 1 aromatic rings. The Morgan fingerprint density at radius 2 is 2.35 bits per heavy atom. The molecule has 2 heterocycles. The van der Waals surface area contributed by atoms with Crippen LogP contribution in [0.3, 0.4) is 0 Å². The zero-order valence-electron chi connectivity index (χ0n) is 10.9. The summed E-state index contributed by atoms with van der Waals surface area (Å²) in [5.74, 6) is 1.04. The lowest BCUT2D eigenvalue weighted by molar-refractivity contribution is 0.0457. The van der Waals surface area contributed by atoms with Crippen LogP contribution in [0.25, 0.3) is 0 Å². The number of hydrogen-bond donors (Lipinski definition) is 1. The number of anilines is 1. The third kappa shape index (κ3) is 2.61. The summed E-state index contributed by atoms with van der Waals surface area (Å²) >= 11 is 0. The minimum atomic E-state index is 0.126. The second-order valence-corrected chi connectivity index (χ2v) is 4.86. The van der Waals surface area contributed by atoms with Crippen molar-refractivity contribution >= 4 is 5.95 Å². The van der Waals surface area contributed by atoms with Gasteiger partial charge in [0.15, 0.2) is 0 Å². The molecule has 1 aliphatic heterocycles. The van der Waals surface area contributed by atoms with Gasteiger partial charge in [0.05, 0.1) is 18.4 Å². The first kappa shape index (κ1) is 12.4. The van der Waals surface area contributed by atoms with Crippen molar-refractivity contribution in [2.24, 2.45) is 5.73 Å². The summed E-state index contributed by atoms with van der Waals surface area (Å²) in [6, 6.07) is 0.422. The number of ether oxygens (including phenoxy) is 1. The molecule has 1 unspecified atom stereocenters. The van der Waals surface area contributed by atoms with E-state index in [1.54, 1.807) is 0 Å². The van der Waals surface area contributed by atoms with Crippen LogP contribution in [-0.4, -0.2) is 41.9 Å². The summed E-state index contributed by atoms with van der Waals surface area (Å²) in [4.78, 5) is 6.89. The molecule has 0 amide bonds. The van der Waals surface area contributed by atoms with E-state index in [1.165, 1.54) is 0 Å². The van der Waals surface area contributed by atoms with Gasteiger partial charge in [0.1, 0.15) is 0 Å². The smallest absolute Gasteiger partial charge is 0.206 e. The fourth-order valence-electron chi connectivity index (χ4n) is 2.16. The van der Waals surface area contributed by atoms with Gasteiger partial charge < -0.3 is 19.9 Å². The van der Waals surface area contributed by atoms with Gasteiger partial charge in [-0.2, -0.15) is 0 Å². The van der Waals surface area contributed by atoms with Crippen LogP contribution in [-0.2, 0) is 4.74 Å². The van der Waals surface area contributed by atoms with Crippen molar-refractivity contribution in [3.8, 4) is 0 Å². The number of hydrogen-bond acceptors (Lipinski definition) is 4. The van der Waals surface area contributed by atoms with E-state index >= 15 is 0 Å². The fourth-order valence-corrected chi connectivity index (χ4v) is 2.16. The van der Waals surface area contributed by atoms with Crippen molar-refractivity contribution < 1.29 is 4.74 Å². The van der Waals surface area contributed by atoms with Crippen molar-refractivity contribution in [1.82, 2.24) is 9.55 Å². The van der Waals surface area contributed by atoms with Crippen LogP contribution in [0.4, 0.5) is 5.95 Å². The fraction of sp³-hybridized carbons (Fsp3) is 0.750. The van der Waals surface area contributed by atoms with Gasteiger partial charge in [-0.15, -0.1) is 0 Å². The highest BCUT2D eigenvalue weighted by molar-refractivity contribution is 5.34. The Balaban J connectivity index is 2.20. The number of imidazole rings is 1. The molecule has 96 valence electrons. The van der Waals surface area contributed by atoms with E-state index in [9.17, 15) is 0 Å². The van der Waals surface area contributed by atoms with Crippen molar-refractivity contribution in [2.45, 2.75) is 32.9 Å². The van der Waals surface area contributed by atoms with Crippen LogP contribution >= 0.6 is 0 Å². The summed E-state index contributed by atoms with van der Waals surface area (Å²) in [5, 5.41) is 0. The molecule has 1 atom stereocenters. The average molecular weight is 238 g/mol. The molecule has 5 nitrogen and oxygen atoms in total. The third-order valence-corrected chi connectivity index (χ3v) is 3.07. The summed E-state index contributed by atoms with van der Waals surface area (Å²) in [6.45, 7) is 9.39. The van der Waals surface area contributed by atoms with E-state index in [2.05, 4.69) is 34.5 Å². The number of nitrogens with zero attached hydrogens (tertiary/aromatic N) is 3. The van der Waals surface area contributed by atoms with Gasteiger partial charge in [-0.3, -0.25) is 0 Å². The van der Waals surface area contributed by atoms with Gasteiger partial charge in [-0.25, -0.2) is 4.98 Å². The maximum atomic E-state index is 5.67. The van der Waals surface area contributed by atoms with Crippen LogP contribution in [0, 0.1) is 6.92 Å². The first-order valence-electron chi connectivity index (χ1n) is 6.24. The molecule has 1 aliphatic rings. The molecule has 0 aliphatic carbocycles. The topological polar surface area (TPSA) is 56.3 Å².